The third-order valence-electron chi connectivity index (χ3n) is 3.37. The largest absolute Gasteiger partial charge is 0.437 e. The molecule has 0 saturated heterocycles. The summed E-state index contributed by atoms with van der Waals surface area (Å²) >= 11 is 12.5. The van der Waals surface area contributed by atoms with Crippen LogP contribution >= 0.6 is 35.1 Å². The Kier molecular flexibility index (Phi) is 6.22. The smallest absolute Gasteiger partial charge is 0.417 e. The van der Waals surface area contributed by atoms with E-state index >= 15 is 0 Å². The average molecular weight is 449 g/mol. The van der Waals surface area contributed by atoms with Crippen LogP contribution in [0.1, 0.15) is 5.56 Å². The molecule has 10 heteroatoms. The molecule has 1 heterocycles. The number of nitrogens with one attached hydrogen (secondary N) is 1. The lowest BCUT2D eigenvalue weighted by atomic mass is 10.2. The Labute approximate surface area is 171 Å². The number of pyridine rings is 1. The van der Waals surface area contributed by atoms with Gasteiger partial charge in [-0.1, -0.05) is 23.2 Å². The summed E-state index contributed by atoms with van der Waals surface area (Å²) in [6.45, 7) is 0. The SMILES string of the molecule is Fc1ccc(Oc2ncc(Cl)cc2NSc2ccc(Cl)c(C(F)(F)F)c2)cc1. The van der Waals surface area contributed by atoms with Crippen LogP contribution in [-0.2, 0) is 6.18 Å². The molecule has 3 nitrogen and oxygen atoms in total. The second kappa shape index (κ2) is 8.46. The van der Waals surface area contributed by atoms with Crippen LogP contribution in [0.5, 0.6) is 11.6 Å². The normalized spacial score (nSPS) is 11.4. The topological polar surface area (TPSA) is 34.1 Å². The fourth-order valence-electron chi connectivity index (χ4n) is 2.09. The van der Waals surface area contributed by atoms with Gasteiger partial charge >= 0.3 is 6.18 Å². The number of rotatable bonds is 5. The lowest BCUT2D eigenvalue weighted by Crippen LogP contribution is -2.06. The first-order valence-corrected chi connectivity index (χ1v) is 9.18. The number of aromatic nitrogens is 1. The molecule has 0 aliphatic rings. The van der Waals surface area contributed by atoms with E-state index in [0.29, 0.717) is 16.5 Å². The van der Waals surface area contributed by atoms with Gasteiger partial charge in [-0.05, 0) is 60.5 Å². The first kappa shape index (κ1) is 20.6. The van der Waals surface area contributed by atoms with Crippen molar-refractivity contribution in [3.8, 4) is 11.6 Å². The lowest BCUT2D eigenvalue weighted by molar-refractivity contribution is -0.137. The second-order valence-electron chi connectivity index (χ2n) is 5.41. The number of nitrogens with zero attached hydrogens (tertiary/aromatic N) is 1. The Bertz CT molecular complexity index is 984. The molecule has 28 heavy (non-hydrogen) atoms. The molecule has 0 spiro atoms. The van der Waals surface area contributed by atoms with Crippen LogP contribution in [-0.4, -0.2) is 4.98 Å². The van der Waals surface area contributed by atoms with Crippen LogP contribution < -0.4 is 9.46 Å². The summed E-state index contributed by atoms with van der Waals surface area (Å²) in [6, 6.07) is 10.3. The Morgan fingerprint density at radius 3 is 2.39 bits per heavy atom. The molecule has 3 aromatic rings. The van der Waals surface area contributed by atoms with Crippen molar-refractivity contribution in [3.05, 3.63) is 76.2 Å². The minimum absolute atomic E-state index is 0.119. The Morgan fingerprint density at radius 1 is 1.00 bits per heavy atom. The van der Waals surface area contributed by atoms with E-state index in [0.717, 1.165) is 18.0 Å². The Hall–Kier alpha value is -2.16. The van der Waals surface area contributed by atoms with E-state index in [1.54, 1.807) is 0 Å². The van der Waals surface area contributed by atoms with Gasteiger partial charge in [-0.2, -0.15) is 13.2 Å². The third-order valence-corrected chi connectivity index (χ3v) is 4.72. The van der Waals surface area contributed by atoms with Crippen LogP contribution in [0, 0.1) is 5.82 Å². The second-order valence-corrected chi connectivity index (χ2v) is 7.13. The Morgan fingerprint density at radius 2 is 1.71 bits per heavy atom. The summed E-state index contributed by atoms with van der Waals surface area (Å²) in [5.41, 5.74) is -0.613. The van der Waals surface area contributed by atoms with Crippen molar-refractivity contribution < 1.29 is 22.3 Å². The maximum atomic E-state index is 13.0. The summed E-state index contributed by atoms with van der Waals surface area (Å²) < 4.78 is 60.4. The van der Waals surface area contributed by atoms with E-state index in [1.807, 2.05) is 0 Å². The highest BCUT2D eigenvalue weighted by molar-refractivity contribution is 8.00. The van der Waals surface area contributed by atoms with Crippen molar-refractivity contribution in [2.24, 2.45) is 0 Å². The first-order chi connectivity index (χ1) is 13.2. The molecule has 0 aliphatic carbocycles. The molecule has 3 rings (SSSR count). The van der Waals surface area contributed by atoms with Crippen molar-refractivity contribution in [1.29, 1.82) is 0 Å². The maximum absolute atomic E-state index is 13.0. The highest BCUT2D eigenvalue weighted by atomic mass is 35.5. The van der Waals surface area contributed by atoms with Crippen molar-refractivity contribution in [2.45, 2.75) is 11.1 Å². The van der Waals surface area contributed by atoms with Gasteiger partial charge in [0.05, 0.1) is 15.6 Å². The molecule has 1 N–H and O–H groups in total. The summed E-state index contributed by atoms with van der Waals surface area (Å²) in [4.78, 5) is 4.32. The van der Waals surface area contributed by atoms with Crippen LogP contribution in [0.25, 0.3) is 0 Å². The van der Waals surface area contributed by atoms with Crippen LogP contribution in [0.2, 0.25) is 10.0 Å². The van der Waals surface area contributed by atoms with E-state index in [9.17, 15) is 17.6 Å². The minimum atomic E-state index is -4.57. The molecule has 0 saturated carbocycles. The predicted octanol–water partition coefficient (Wildman–Crippen LogP) is 7.46. The van der Waals surface area contributed by atoms with Crippen molar-refractivity contribution in [3.63, 3.8) is 0 Å². The molecule has 146 valence electrons. The fourth-order valence-corrected chi connectivity index (χ4v) is 3.16. The predicted molar refractivity (Wildman–Crippen MR) is 102 cm³/mol. The molecule has 1 aromatic heterocycles. The van der Waals surface area contributed by atoms with Gasteiger partial charge < -0.3 is 9.46 Å². The lowest BCUT2D eigenvalue weighted by Gasteiger charge is -2.13. The molecule has 0 bridgehead atoms. The van der Waals surface area contributed by atoms with Crippen molar-refractivity contribution in [2.75, 3.05) is 4.72 Å². The number of ether oxygens (including phenoxy) is 1. The van der Waals surface area contributed by atoms with Crippen LogP contribution in [0.3, 0.4) is 0 Å². The highest BCUT2D eigenvalue weighted by Gasteiger charge is 2.33. The standard InChI is InChI=1S/C18H10Cl2F4N2OS/c19-10-7-16(17(25-9-10)27-12-3-1-11(21)2-4-12)26-28-13-5-6-15(20)14(8-13)18(22,23)24/h1-9,26H. The summed E-state index contributed by atoms with van der Waals surface area (Å²) in [6.07, 6.45) is -3.22. The number of anilines is 1. The minimum Gasteiger partial charge on any atom is -0.437 e. The van der Waals surface area contributed by atoms with E-state index < -0.39 is 17.6 Å². The molecule has 0 amide bonds. The van der Waals surface area contributed by atoms with E-state index in [1.165, 1.54) is 48.7 Å². The monoisotopic (exact) mass is 448 g/mol. The third kappa shape index (κ3) is 5.21. The molecule has 0 aliphatic heterocycles. The number of alkyl halides is 3. The average Bonchev–Trinajstić information content (AvgIpc) is 2.64. The quantitative estimate of drug-likeness (QED) is 0.324. The van der Waals surface area contributed by atoms with E-state index in [-0.39, 0.29) is 15.8 Å². The van der Waals surface area contributed by atoms with Crippen molar-refractivity contribution >= 4 is 40.8 Å². The van der Waals surface area contributed by atoms with Gasteiger partial charge in [-0.3, -0.25) is 0 Å². The molecule has 0 unspecified atom stereocenters. The fraction of sp³-hybridized carbons (Fsp3) is 0.0556. The van der Waals surface area contributed by atoms with Gasteiger partial charge in [0.15, 0.2) is 0 Å². The first-order valence-electron chi connectivity index (χ1n) is 7.61. The van der Waals surface area contributed by atoms with Gasteiger partial charge in [0.25, 0.3) is 0 Å². The van der Waals surface area contributed by atoms with Gasteiger partial charge in [-0.25, -0.2) is 9.37 Å². The zero-order valence-corrected chi connectivity index (χ0v) is 16.1. The maximum Gasteiger partial charge on any atom is 0.417 e. The molecule has 0 fully saturated rings. The number of benzene rings is 2. The molecule has 0 atom stereocenters. The van der Waals surface area contributed by atoms with Gasteiger partial charge in [0.1, 0.15) is 17.3 Å². The van der Waals surface area contributed by atoms with Gasteiger partial charge in [-0.15, -0.1) is 0 Å². The Balaban J connectivity index is 1.81. The highest BCUT2D eigenvalue weighted by Crippen LogP contribution is 2.38. The number of hydrogen-bond donors (Lipinski definition) is 1. The number of halogens is 6. The molecule has 2 aromatic carbocycles. The number of hydrogen-bond acceptors (Lipinski definition) is 4. The zero-order valence-electron chi connectivity index (χ0n) is 13.7. The van der Waals surface area contributed by atoms with E-state index in [2.05, 4.69) is 9.71 Å². The van der Waals surface area contributed by atoms with Crippen LogP contribution in [0.4, 0.5) is 23.2 Å². The summed E-state index contributed by atoms with van der Waals surface area (Å²) in [5, 5.41) is -0.0942. The summed E-state index contributed by atoms with van der Waals surface area (Å²) in [5.74, 6) is 0.0252. The summed E-state index contributed by atoms with van der Waals surface area (Å²) in [7, 11) is 0. The molecular weight excluding hydrogens is 439 g/mol. The van der Waals surface area contributed by atoms with Crippen molar-refractivity contribution in [1.82, 2.24) is 4.98 Å². The van der Waals surface area contributed by atoms with Gasteiger partial charge in [0.2, 0.25) is 5.88 Å². The van der Waals surface area contributed by atoms with Gasteiger partial charge in [0, 0.05) is 11.1 Å². The molecule has 0 radical (unpaired) electrons. The zero-order chi connectivity index (χ0) is 20.3. The van der Waals surface area contributed by atoms with E-state index in [4.69, 9.17) is 27.9 Å². The van der Waals surface area contributed by atoms with Crippen LogP contribution in [0.15, 0.2) is 59.6 Å². The molecular formula is C18H10Cl2F4N2OS.